The van der Waals surface area contributed by atoms with Crippen LogP contribution < -0.4 is 16.3 Å². The van der Waals surface area contributed by atoms with Gasteiger partial charge < -0.3 is 10.3 Å². The second-order valence-corrected chi connectivity index (χ2v) is 5.10. The van der Waals surface area contributed by atoms with E-state index in [9.17, 15) is 0 Å². The van der Waals surface area contributed by atoms with Crippen LogP contribution in [0.3, 0.4) is 0 Å². The van der Waals surface area contributed by atoms with Gasteiger partial charge in [0.25, 0.3) is 0 Å². The average Bonchev–Trinajstić information content (AvgIpc) is 2.34. The summed E-state index contributed by atoms with van der Waals surface area (Å²) in [6.45, 7) is 7.18. The molecule has 0 aliphatic heterocycles. The van der Waals surface area contributed by atoms with Crippen molar-refractivity contribution in [2.75, 3.05) is 19.1 Å². The van der Waals surface area contributed by atoms with Crippen molar-refractivity contribution in [3.63, 3.8) is 0 Å². The molecule has 0 radical (unpaired) electrons. The third kappa shape index (κ3) is 5.49. The van der Waals surface area contributed by atoms with Gasteiger partial charge in [-0.3, -0.25) is 0 Å². The zero-order chi connectivity index (χ0) is 13.4. The molecule has 3 N–H and O–H groups in total. The molecule has 0 spiro atoms. The SMILES string of the molecule is CNOCCCC(C)(C)NNc1ccccc1C. The van der Waals surface area contributed by atoms with Crippen LogP contribution in [0.25, 0.3) is 0 Å². The van der Waals surface area contributed by atoms with Gasteiger partial charge in [0.05, 0.1) is 12.3 Å². The highest BCUT2D eigenvalue weighted by Crippen LogP contribution is 2.15. The summed E-state index contributed by atoms with van der Waals surface area (Å²) in [7, 11) is 1.78. The second-order valence-electron chi connectivity index (χ2n) is 5.10. The molecule has 0 bridgehead atoms. The van der Waals surface area contributed by atoms with Crippen LogP contribution in [0.4, 0.5) is 5.69 Å². The Bertz CT molecular complexity index is 353. The van der Waals surface area contributed by atoms with Gasteiger partial charge in [0, 0.05) is 12.6 Å². The van der Waals surface area contributed by atoms with Crippen LogP contribution >= 0.6 is 0 Å². The van der Waals surface area contributed by atoms with Gasteiger partial charge in [0.15, 0.2) is 0 Å². The van der Waals surface area contributed by atoms with Gasteiger partial charge in [0.2, 0.25) is 0 Å². The van der Waals surface area contributed by atoms with Gasteiger partial charge in [0.1, 0.15) is 0 Å². The van der Waals surface area contributed by atoms with Crippen molar-refractivity contribution < 1.29 is 4.84 Å². The van der Waals surface area contributed by atoms with E-state index < -0.39 is 0 Å². The molecule has 0 saturated carbocycles. The lowest BCUT2D eigenvalue weighted by atomic mass is 10.00. The normalized spacial score (nSPS) is 11.6. The quantitative estimate of drug-likeness (QED) is 0.491. The number of hydrogen-bond donors (Lipinski definition) is 3. The number of anilines is 1. The molecule has 4 heteroatoms. The molecular weight excluding hydrogens is 226 g/mol. The largest absolute Gasteiger partial charge is 0.321 e. The van der Waals surface area contributed by atoms with Gasteiger partial charge in [-0.15, -0.1) is 0 Å². The van der Waals surface area contributed by atoms with Crippen LogP contribution in [0, 0.1) is 6.92 Å². The van der Waals surface area contributed by atoms with Crippen molar-refractivity contribution in [1.82, 2.24) is 10.9 Å². The molecule has 18 heavy (non-hydrogen) atoms. The van der Waals surface area contributed by atoms with Crippen molar-refractivity contribution in [3.8, 4) is 0 Å². The minimum absolute atomic E-state index is 0.0272. The lowest BCUT2D eigenvalue weighted by Gasteiger charge is -2.27. The van der Waals surface area contributed by atoms with Crippen LogP contribution in [0.2, 0.25) is 0 Å². The van der Waals surface area contributed by atoms with Gasteiger partial charge in [-0.25, -0.2) is 10.9 Å². The molecule has 0 unspecified atom stereocenters. The summed E-state index contributed by atoms with van der Waals surface area (Å²) in [5.74, 6) is 0. The molecule has 0 aliphatic carbocycles. The maximum atomic E-state index is 5.11. The molecule has 0 aromatic heterocycles. The van der Waals surface area contributed by atoms with E-state index in [1.54, 1.807) is 7.05 Å². The van der Waals surface area contributed by atoms with Gasteiger partial charge in [-0.1, -0.05) is 18.2 Å². The Balaban J connectivity index is 2.34. The number of rotatable bonds is 8. The van der Waals surface area contributed by atoms with Crippen molar-refractivity contribution in [1.29, 1.82) is 0 Å². The van der Waals surface area contributed by atoms with E-state index in [0.29, 0.717) is 0 Å². The summed E-state index contributed by atoms with van der Waals surface area (Å²) in [6.07, 6.45) is 2.05. The van der Waals surface area contributed by atoms with E-state index >= 15 is 0 Å². The standard InChI is InChI=1S/C14H25N3O/c1-12-8-5-6-9-13(12)16-17-14(2,3)10-7-11-18-15-4/h5-6,8-9,15-17H,7,10-11H2,1-4H3. The fourth-order valence-electron chi connectivity index (χ4n) is 1.70. The summed E-state index contributed by atoms with van der Waals surface area (Å²) in [4.78, 5) is 5.11. The number of benzene rings is 1. The minimum atomic E-state index is 0.0272. The first-order valence-electron chi connectivity index (χ1n) is 6.42. The Kier molecular flexibility index (Phi) is 6.12. The van der Waals surface area contributed by atoms with Crippen molar-refractivity contribution in [2.24, 2.45) is 0 Å². The topological polar surface area (TPSA) is 45.3 Å². The third-order valence-corrected chi connectivity index (χ3v) is 2.87. The number of hydrazine groups is 1. The lowest BCUT2D eigenvalue weighted by Crippen LogP contribution is -2.43. The van der Waals surface area contributed by atoms with E-state index in [1.165, 1.54) is 5.56 Å². The van der Waals surface area contributed by atoms with E-state index in [-0.39, 0.29) is 5.54 Å². The van der Waals surface area contributed by atoms with E-state index in [1.807, 2.05) is 12.1 Å². The highest BCUT2D eigenvalue weighted by Gasteiger charge is 2.16. The van der Waals surface area contributed by atoms with E-state index in [2.05, 4.69) is 49.2 Å². The van der Waals surface area contributed by atoms with Crippen LogP contribution in [0.5, 0.6) is 0 Å². The molecule has 1 rings (SSSR count). The Hall–Kier alpha value is -1.10. The molecule has 0 aliphatic rings. The fraction of sp³-hybridized carbons (Fsp3) is 0.571. The Labute approximate surface area is 110 Å². The van der Waals surface area contributed by atoms with Crippen molar-refractivity contribution in [2.45, 2.75) is 39.2 Å². The first kappa shape index (κ1) is 15.0. The highest BCUT2D eigenvalue weighted by molar-refractivity contribution is 5.49. The Morgan fingerprint density at radius 1 is 1.22 bits per heavy atom. The van der Waals surface area contributed by atoms with E-state index in [4.69, 9.17) is 4.84 Å². The fourth-order valence-corrected chi connectivity index (χ4v) is 1.70. The summed E-state index contributed by atoms with van der Waals surface area (Å²) in [5.41, 5.74) is 11.7. The number of aryl methyl sites for hydroxylation is 1. The zero-order valence-electron chi connectivity index (χ0n) is 11.8. The number of hydroxylamine groups is 1. The predicted molar refractivity (Wildman–Crippen MR) is 76.3 cm³/mol. The van der Waals surface area contributed by atoms with Gasteiger partial charge in [-0.2, -0.15) is 0 Å². The predicted octanol–water partition coefficient (Wildman–Crippen LogP) is 2.62. The number of para-hydroxylation sites is 1. The maximum absolute atomic E-state index is 5.11. The summed E-state index contributed by atoms with van der Waals surface area (Å²) < 4.78 is 0. The molecule has 1 aromatic rings. The average molecular weight is 251 g/mol. The molecular formula is C14H25N3O. The molecule has 1 aromatic carbocycles. The monoisotopic (exact) mass is 251 g/mol. The summed E-state index contributed by atoms with van der Waals surface area (Å²) in [5, 5.41) is 0. The molecule has 4 nitrogen and oxygen atoms in total. The maximum Gasteiger partial charge on any atom is 0.0682 e. The molecule has 0 atom stereocenters. The zero-order valence-corrected chi connectivity index (χ0v) is 11.8. The smallest absolute Gasteiger partial charge is 0.0682 e. The summed E-state index contributed by atoms with van der Waals surface area (Å²) >= 11 is 0. The molecule has 0 amide bonds. The first-order valence-corrected chi connectivity index (χ1v) is 6.42. The highest BCUT2D eigenvalue weighted by atomic mass is 16.6. The lowest BCUT2D eigenvalue weighted by molar-refractivity contribution is 0.0522. The Morgan fingerprint density at radius 3 is 2.61 bits per heavy atom. The van der Waals surface area contributed by atoms with Gasteiger partial charge >= 0.3 is 0 Å². The number of nitrogens with one attached hydrogen (secondary N) is 3. The van der Waals surface area contributed by atoms with E-state index in [0.717, 1.165) is 25.1 Å². The first-order chi connectivity index (χ1) is 8.55. The minimum Gasteiger partial charge on any atom is -0.321 e. The third-order valence-electron chi connectivity index (χ3n) is 2.87. The van der Waals surface area contributed by atoms with Crippen molar-refractivity contribution in [3.05, 3.63) is 29.8 Å². The van der Waals surface area contributed by atoms with Crippen LogP contribution in [0.1, 0.15) is 32.3 Å². The molecule has 102 valence electrons. The number of hydrogen-bond acceptors (Lipinski definition) is 4. The second kappa shape index (κ2) is 7.36. The molecule has 0 saturated heterocycles. The van der Waals surface area contributed by atoms with Crippen LogP contribution in [-0.2, 0) is 4.84 Å². The van der Waals surface area contributed by atoms with Gasteiger partial charge in [-0.05, 0) is 45.2 Å². The summed E-state index contributed by atoms with van der Waals surface area (Å²) in [6, 6.07) is 8.24. The van der Waals surface area contributed by atoms with Crippen LogP contribution in [-0.4, -0.2) is 19.2 Å². The molecule has 0 fully saturated rings. The Morgan fingerprint density at radius 2 is 1.94 bits per heavy atom. The van der Waals surface area contributed by atoms with Crippen LogP contribution in [0.15, 0.2) is 24.3 Å². The van der Waals surface area contributed by atoms with Crippen molar-refractivity contribution >= 4 is 5.69 Å². The molecule has 0 heterocycles.